The highest BCUT2D eigenvalue weighted by Crippen LogP contribution is 2.20. The smallest absolute Gasteiger partial charge is 0.389 e. The van der Waals surface area contributed by atoms with Gasteiger partial charge >= 0.3 is 6.18 Å². The van der Waals surface area contributed by atoms with E-state index in [0.29, 0.717) is 0 Å². The fraction of sp³-hybridized carbons (Fsp3) is 0.857. The number of aliphatic hydroxyl groups is 1. The number of amides is 1. The molecule has 0 spiro atoms. The van der Waals surface area contributed by atoms with Crippen LogP contribution in [0.15, 0.2) is 0 Å². The van der Waals surface area contributed by atoms with Crippen molar-refractivity contribution in [2.24, 2.45) is 0 Å². The number of alkyl halides is 3. The van der Waals surface area contributed by atoms with Crippen LogP contribution in [0, 0.1) is 0 Å². The molecule has 0 bridgehead atoms. The summed E-state index contributed by atoms with van der Waals surface area (Å²) in [6.07, 6.45) is -6.02. The predicted molar refractivity (Wildman–Crippen MR) is 40.0 cm³/mol. The molecule has 0 saturated heterocycles. The first-order valence-electron chi connectivity index (χ1n) is 3.82. The van der Waals surface area contributed by atoms with Gasteiger partial charge in [0.2, 0.25) is 5.91 Å². The molecule has 0 aliphatic heterocycles. The zero-order valence-corrected chi connectivity index (χ0v) is 7.19. The van der Waals surface area contributed by atoms with Crippen LogP contribution in [0.5, 0.6) is 0 Å². The van der Waals surface area contributed by atoms with Crippen molar-refractivity contribution in [2.45, 2.75) is 32.0 Å². The van der Waals surface area contributed by atoms with Crippen molar-refractivity contribution in [1.29, 1.82) is 0 Å². The standard InChI is InChI=1S/C7H12F3NO2/c1-5(4-12)11-6(13)2-3-7(8,9)10/h5,12H,2-4H2,1H3,(H,11,13). The summed E-state index contributed by atoms with van der Waals surface area (Å²) in [6.45, 7) is 1.23. The van der Waals surface area contributed by atoms with Crippen molar-refractivity contribution in [3.05, 3.63) is 0 Å². The molecule has 2 N–H and O–H groups in total. The third-order valence-electron chi connectivity index (χ3n) is 1.32. The van der Waals surface area contributed by atoms with Crippen molar-refractivity contribution in [1.82, 2.24) is 5.32 Å². The van der Waals surface area contributed by atoms with Crippen LogP contribution < -0.4 is 5.32 Å². The zero-order chi connectivity index (χ0) is 10.5. The van der Waals surface area contributed by atoms with E-state index in [1.165, 1.54) is 6.92 Å². The van der Waals surface area contributed by atoms with Crippen molar-refractivity contribution in [3.8, 4) is 0 Å². The first-order chi connectivity index (χ1) is 5.85. The van der Waals surface area contributed by atoms with Gasteiger partial charge in [-0.2, -0.15) is 13.2 Å². The minimum Gasteiger partial charge on any atom is -0.394 e. The molecule has 0 aromatic heterocycles. The molecule has 0 heterocycles. The normalized spacial score (nSPS) is 13.9. The molecule has 13 heavy (non-hydrogen) atoms. The quantitative estimate of drug-likeness (QED) is 0.704. The second-order valence-corrected chi connectivity index (χ2v) is 2.77. The minimum absolute atomic E-state index is 0.280. The Morgan fingerprint density at radius 2 is 2.08 bits per heavy atom. The zero-order valence-electron chi connectivity index (χ0n) is 7.19. The van der Waals surface area contributed by atoms with Crippen LogP contribution in [0.3, 0.4) is 0 Å². The third kappa shape index (κ3) is 7.58. The van der Waals surface area contributed by atoms with Crippen LogP contribution in [0.4, 0.5) is 13.2 Å². The highest BCUT2D eigenvalue weighted by Gasteiger charge is 2.27. The summed E-state index contributed by atoms with van der Waals surface area (Å²) >= 11 is 0. The monoisotopic (exact) mass is 199 g/mol. The molecule has 6 heteroatoms. The Morgan fingerprint density at radius 3 is 2.46 bits per heavy atom. The van der Waals surface area contributed by atoms with Gasteiger partial charge in [-0.25, -0.2) is 0 Å². The number of hydrogen-bond donors (Lipinski definition) is 2. The number of carbonyl (C=O) groups excluding carboxylic acids is 1. The molecule has 0 aromatic rings. The van der Waals surface area contributed by atoms with Crippen LogP contribution in [-0.2, 0) is 4.79 Å². The lowest BCUT2D eigenvalue weighted by Crippen LogP contribution is -2.35. The summed E-state index contributed by atoms with van der Waals surface area (Å²) in [5, 5.41) is 10.7. The first kappa shape index (κ1) is 12.2. The Bertz CT molecular complexity index is 170. The molecule has 1 amide bonds. The average Bonchev–Trinajstić information content (AvgIpc) is 1.99. The second-order valence-electron chi connectivity index (χ2n) is 2.77. The minimum atomic E-state index is -4.31. The molecule has 0 aromatic carbocycles. The Balaban J connectivity index is 3.64. The first-order valence-corrected chi connectivity index (χ1v) is 3.82. The third-order valence-corrected chi connectivity index (χ3v) is 1.32. The molecule has 1 atom stereocenters. The highest BCUT2D eigenvalue weighted by atomic mass is 19.4. The summed E-state index contributed by atoms with van der Waals surface area (Å²) in [4.78, 5) is 10.7. The van der Waals surface area contributed by atoms with Crippen LogP contribution in [0.25, 0.3) is 0 Å². The van der Waals surface area contributed by atoms with Gasteiger partial charge in [0, 0.05) is 12.5 Å². The second kappa shape index (κ2) is 5.06. The van der Waals surface area contributed by atoms with Crippen molar-refractivity contribution in [3.63, 3.8) is 0 Å². The van der Waals surface area contributed by atoms with E-state index in [1.807, 2.05) is 0 Å². The fourth-order valence-corrected chi connectivity index (χ4v) is 0.648. The molecule has 0 aliphatic carbocycles. The molecule has 0 aliphatic rings. The van der Waals surface area contributed by atoms with E-state index in [9.17, 15) is 18.0 Å². The van der Waals surface area contributed by atoms with E-state index < -0.39 is 31.0 Å². The summed E-state index contributed by atoms with van der Waals surface area (Å²) < 4.78 is 34.8. The van der Waals surface area contributed by atoms with Gasteiger partial charge in [-0.3, -0.25) is 4.79 Å². The molecule has 0 radical (unpaired) electrons. The lowest BCUT2D eigenvalue weighted by atomic mass is 10.2. The van der Waals surface area contributed by atoms with E-state index in [0.717, 1.165) is 0 Å². The van der Waals surface area contributed by atoms with Gasteiger partial charge < -0.3 is 10.4 Å². The van der Waals surface area contributed by atoms with Gasteiger partial charge in [0.1, 0.15) is 0 Å². The maximum absolute atomic E-state index is 11.6. The number of aliphatic hydroxyl groups excluding tert-OH is 1. The molecule has 78 valence electrons. The molecular formula is C7H12F3NO2. The van der Waals surface area contributed by atoms with Crippen molar-refractivity contribution in [2.75, 3.05) is 6.61 Å². The fourth-order valence-electron chi connectivity index (χ4n) is 0.648. The Hall–Kier alpha value is -0.780. The number of carbonyl (C=O) groups is 1. The summed E-state index contributed by atoms with van der Waals surface area (Å²) in [6, 6.07) is -0.499. The van der Waals surface area contributed by atoms with Crippen LogP contribution in [0.1, 0.15) is 19.8 Å². The van der Waals surface area contributed by atoms with E-state index in [4.69, 9.17) is 5.11 Å². The van der Waals surface area contributed by atoms with Crippen molar-refractivity contribution < 1.29 is 23.1 Å². The van der Waals surface area contributed by atoms with E-state index in [1.54, 1.807) is 0 Å². The van der Waals surface area contributed by atoms with Gasteiger partial charge in [-0.15, -0.1) is 0 Å². The van der Waals surface area contributed by atoms with Crippen LogP contribution in [-0.4, -0.2) is 29.8 Å². The van der Waals surface area contributed by atoms with Crippen LogP contribution in [0.2, 0.25) is 0 Å². The highest BCUT2D eigenvalue weighted by molar-refractivity contribution is 5.76. The van der Waals surface area contributed by atoms with E-state index >= 15 is 0 Å². The Kier molecular flexibility index (Phi) is 4.76. The summed E-state index contributed by atoms with van der Waals surface area (Å²) in [5.74, 6) is -0.695. The maximum atomic E-state index is 11.6. The van der Waals surface area contributed by atoms with Crippen LogP contribution >= 0.6 is 0 Å². The number of rotatable bonds is 4. The maximum Gasteiger partial charge on any atom is 0.389 e. The topological polar surface area (TPSA) is 49.3 Å². The van der Waals surface area contributed by atoms with E-state index in [-0.39, 0.29) is 6.61 Å². The SMILES string of the molecule is CC(CO)NC(=O)CCC(F)(F)F. The molecule has 0 rings (SSSR count). The number of halogens is 3. The molecular weight excluding hydrogens is 187 g/mol. The van der Waals surface area contributed by atoms with Gasteiger partial charge in [0.15, 0.2) is 0 Å². The predicted octanol–water partition coefficient (Wildman–Crippen LogP) is 0.826. The summed E-state index contributed by atoms with van der Waals surface area (Å²) in [5.41, 5.74) is 0. The number of nitrogens with one attached hydrogen (secondary N) is 1. The molecule has 0 fully saturated rings. The molecule has 0 saturated carbocycles. The largest absolute Gasteiger partial charge is 0.394 e. The van der Waals surface area contributed by atoms with Gasteiger partial charge in [0.25, 0.3) is 0 Å². The number of hydrogen-bond acceptors (Lipinski definition) is 2. The Morgan fingerprint density at radius 1 is 1.54 bits per heavy atom. The lowest BCUT2D eigenvalue weighted by molar-refractivity contribution is -0.144. The van der Waals surface area contributed by atoms with Gasteiger partial charge in [-0.1, -0.05) is 0 Å². The van der Waals surface area contributed by atoms with Gasteiger partial charge in [-0.05, 0) is 6.92 Å². The average molecular weight is 199 g/mol. The molecule has 1 unspecified atom stereocenters. The van der Waals surface area contributed by atoms with E-state index in [2.05, 4.69) is 5.32 Å². The van der Waals surface area contributed by atoms with Crippen molar-refractivity contribution >= 4 is 5.91 Å². The Labute approximate surface area is 73.9 Å². The van der Waals surface area contributed by atoms with Gasteiger partial charge in [0.05, 0.1) is 13.0 Å². The molecule has 3 nitrogen and oxygen atoms in total. The summed E-state index contributed by atoms with van der Waals surface area (Å²) in [7, 11) is 0. The lowest BCUT2D eigenvalue weighted by Gasteiger charge is -2.11.